The molecule has 0 saturated heterocycles. The smallest absolute Gasteiger partial charge is 0.273 e. The summed E-state index contributed by atoms with van der Waals surface area (Å²) in [4.78, 5) is 35.0. The van der Waals surface area contributed by atoms with Crippen molar-refractivity contribution in [2.24, 2.45) is 0 Å². The average molecular weight is 521 g/mol. The largest absolute Gasteiger partial charge is 0.444 e. The second-order valence-corrected chi connectivity index (χ2v) is 8.80. The Morgan fingerprint density at radius 2 is 1.11 bits per heavy atom. The second-order valence-electron chi connectivity index (χ2n) is 8.80. The summed E-state index contributed by atoms with van der Waals surface area (Å²) in [5.41, 5.74) is 1.44. The second kappa shape index (κ2) is 8.78. The number of rotatable bonds is 0. The van der Waals surface area contributed by atoms with Crippen LogP contribution in [0.5, 0.6) is 0 Å². The fourth-order valence-electron chi connectivity index (χ4n) is 4.14. The number of hydrogen-bond donors (Lipinski definition) is 3. The predicted octanol–water partition coefficient (Wildman–Crippen LogP) is 3.19. The molecule has 1 aliphatic heterocycles. The first-order valence-electron chi connectivity index (χ1n) is 11.7. The zero-order chi connectivity index (χ0) is 26.7. The zero-order valence-corrected chi connectivity index (χ0v) is 21.1. The van der Waals surface area contributed by atoms with Crippen molar-refractivity contribution in [3.05, 3.63) is 52.0 Å². The molecule has 3 N–H and O–H groups in total. The number of amides is 1. The van der Waals surface area contributed by atoms with E-state index >= 15 is 0 Å². The lowest BCUT2D eigenvalue weighted by molar-refractivity contribution is 0.0941. The van der Waals surface area contributed by atoms with Gasteiger partial charge in [-0.3, -0.25) is 10.1 Å². The first-order valence-corrected chi connectivity index (χ1v) is 11.7. The van der Waals surface area contributed by atoms with Crippen LogP contribution in [0.1, 0.15) is 63.0 Å². The van der Waals surface area contributed by atoms with Crippen LogP contribution in [0.3, 0.4) is 0 Å². The van der Waals surface area contributed by atoms with Crippen molar-refractivity contribution < 1.29 is 32.0 Å². The molecular weight excluding hydrogens is 498 g/mol. The van der Waals surface area contributed by atoms with Crippen LogP contribution in [-0.2, 0) is 13.1 Å². The zero-order valence-electron chi connectivity index (χ0n) is 21.1. The van der Waals surface area contributed by atoms with Gasteiger partial charge in [-0.15, -0.1) is 0 Å². The van der Waals surface area contributed by atoms with Crippen LogP contribution in [0.4, 0.5) is 0 Å². The molecule has 0 radical (unpaired) electrons. The van der Waals surface area contributed by atoms with Gasteiger partial charge in [-0.2, -0.15) is 0 Å². The van der Waals surface area contributed by atoms with E-state index in [0.717, 1.165) is 0 Å². The summed E-state index contributed by atoms with van der Waals surface area (Å²) in [6, 6.07) is 0. The highest BCUT2D eigenvalue weighted by Gasteiger charge is 2.27. The molecule has 38 heavy (non-hydrogen) atoms. The van der Waals surface area contributed by atoms with E-state index in [4.69, 9.17) is 22.1 Å². The van der Waals surface area contributed by atoms with E-state index < -0.39 is 12.1 Å². The van der Waals surface area contributed by atoms with E-state index in [2.05, 4.69) is 35.6 Å². The third-order valence-electron chi connectivity index (χ3n) is 6.04. The number of aliphatic hydroxyl groups is 1. The van der Waals surface area contributed by atoms with Gasteiger partial charge in [-0.05, 0) is 34.6 Å². The van der Waals surface area contributed by atoms with Gasteiger partial charge in [-0.25, -0.2) is 24.9 Å². The number of carbonyl (C=O) groups excluding carboxylic acids is 1. The van der Waals surface area contributed by atoms with Gasteiger partial charge in [0.15, 0.2) is 29.0 Å². The Morgan fingerprint density at radius 3 is 1.76 bits per heavy atom. The third-order valence-corrected chi connectivity index (χ3v) is 6.04. The Bertz CT molecular complexity index is 1690. The highest BCUT2D eigenvalue weighted by atomic mass is 16.4. The number of aromatic nitrogens is 5. The van der Waals surface area contributed by atoms with E-state index in [1.165, 1.54) is 0 Å². The molecule has 10 bridgehead atoms. The van der Waals surface area contributed by atoms with Crippen molar-refractivity contribution in [1.82, 2.24) is 35.6 Å². The van der Waals surface area contributed by atoms with Gasteiger partial charge < -0.3 is 32.5 Å². The van der Waals surface area contributed by atoms with Gasteiger partial charge in [0.25, 0.3) is 5.91 Å². The maximum Gasteiger partial charge on any atom is 0.273 e. The molecule has 0 aliphatic carbocycles. The van der Waals surface area contributed by atoms with Crippen LogP contribution in [0.2, 0.25) is 0 Å². The number of nitrogens with zero attached hydrogens (tertiary/aromatic N) is 5. The molecule has 1 amide bonds. The number of nitrogens with one attached hydrogen (secondary N) is 2. The topological polar surface area (TPSA) is 192 Å². The summed E-state index contributed by atoms with van der Waals surface area (Å²) in [6.45, 7) is 8.50. The maximum atomic E-state index is 12.9. The normalized spacial score (nSPS) is 15.8. The molecule has 6 heterocycles. The van der Waals surface area contributed by atoms with E-state index in [0.29, 0.717) is 45.9 Å². The van der Waals surface area contributed by atoms with Gasteiger partial charge in [0.05, 0.1) is 13.1 Å². The Morgan fingerprint density at radius 1 is 0.632 bits per heavy atom. The Kier molecular flexibility index (Phi) is 5.50. The lowest BCUT2D eigenvalue weighted by Crippen LogP contribution is -2.24. The highest BCUT2D eigenvalue weighted by molar-refractivity contribution is 5.93. The Hall–Kier alpha value is -4.56. The number of oxazole rings is 5. The van der Waals surface area contributed by atoms with E-state index in [1.54, 1.807) is 34.6 Å². The molecule has 1 atom stereocenters. The molecule has 1 unspecified atom stereocenters. The van der Waals surface area contributed by atoms with Crippen molar-refractivity contribution in [3.8, 4) is 34.8 Å². The Labute approximate surface area is 214 Å². The van der Waals surface area contributed by atoms with Gasteiger partial charge in [0, 0.05) is 0 Å². The molecule has 0 aromatic carbocycles. The van der Waals surface area contributed by atoms with Gasteiger partial charge in [0.2, 0.25) is 29.5 Å². The summed E-state index contributed by atoms with van der Waals surface area (Å²) in [7, 11) is 0. The summed E-state index contributed by atoms with van der Waals surface area (Å²) in [5, 5.41) is 16.4. The molecule has 0 spiro atoms. The molecule has 196 valence electrons. The lowest BCUT2D eigenvalue weighted by atomic mass is 10.3. The van der Waals surface area contributed by atoms with Gasteiger partial charge >= 0.3 is 0 Å². The lowest BCUT2D eigenvalue weighted by Gasteiger charge is -2.08. The first-order chi connectivity index (χ1) is 18.2. The number of fused-ring (bicyclic) bond motifs is 13. The molecule has 14 heteroatoms. The van der Waals surface area contributed by atoms with Crippen LogP contribution in [0.25, 0.3) is 34.8 Å². The standard InChI is InChI=1S/C24H23N7O7/c1-8-15-20(32)25-7-14-28-18(11(4)35-14)23-31-19(12(5)38-23)24-30-16(9(2)37-24)21(33)26-6-13-27-17(10(3)34-13)22(29-15)36-8/h21,26,33H,6-7H2,1-5H3,(H,25,32). The van der Waals surface area contributed by atoms with Crippen LogP contribution < -0.4 is 10.6 Å². The van der Waals surface area contributed by atoms with E-state index in [1.807, 2.05) is 0 Å². The molecular formula is C24H23N7O7. The van der Waals surface area contributed by atoms with E-state index in [-0.39, 0.29) is 53.9 Å². The molecule has 0 fully saturated rings. The number of hydrogen-bond acceptors (Lipinski definition) is 13. The van der Waals surface area contributed by atoms with Crippen LogP contribution in [0, 0.1) is 34.6 Å². The Balaban J connectivity index is 1.43. The summed E-state index contributed by atoms with van der Waals surface area (Å²) >= 11 is 0. The van der Waals surface area contributed by atoms with Crippen molar-refractivity contribution in [2.45, 2.75) is 53.9 Å². The molecule has 0 saturated carbocycles. The summed E-state index contributed by atoms with van der Waals surface area (Å²) in [6.07, 6.45) is -1.19. The van der Waals surface area contributed by atoms with Crippen molar-refractivity contribution in [1.29, 1.82) is 0 Å². The highest BCUT2D eigenvalue weighted by Crippen LogP contribution is 2.32. The fourth-order valence-corrected chi connectivity index (χ4v) is 4.14. The predicted molar refractivity (Wildman–Crippen MR) is 126 cm³/mol. The fraction of sp³-hybridized carbons (Fsp3) is 0.333. The van der Waals surface area contributed by atoms with E-state index in [9.17, 15) is 9.90 Å². The molecule has 1 aliphatic rings. The minimum Gasteiger partial charge on any atom is -0.444 e. The summed E-state index contributed by atoms with van der Waals surface area (Å²) in [5.74, 6) is 2.58. The third kappa shape index (κ3) is 3.99. The number of aryl methyl sites for hydroxylation is 5. The molecule has 6 rings (SSSR count). The van der Waals surface area contributed by atoms with Crippen LogP contribution in [0.15, 0.2) is 22.1 Å². The van der Waals surface area contributed by atoms with Crippen molar-refractivity contribution in [2.75, 3.05) is 0 Å². The van der Waals surface area contributed by atoms with Crippen molar-refractivity contribution in [3.63, 3.8) is 0 Å². The maximum absolute atomic E-state index is 12.9. The number of carbonyl (C=O) groups is 1. The van der Waals surface area contributed by atoms with Crippen molar-refractivity contribution >= 4 is 5.91 Å². The quantitative estimate of drug-likeness (QED) is 0.269. The van der Waals surface area contributed by atoms with Crippen LogP contribution >= 0.6 is 0 Å². The SMILES string of the molecule is Cc1oc2nc1C(=O)NCc1nc(c(C)o1)-c1nc(c(C)o1)-c1nc(c(C)o1)C(O)NCc1nc-2c(C)o1. The first kappa shape index (κ1) is 23.8. The molecule has 5 aromatic heterocycles. The van der Waals surface area contributed by atoms with Crippen LogP contribution in [-0.4, -0.2) is 35.9 Å². The number of aliphatic hydroxyl groups excluding tert-OH is 1. The molecule has 5 aromatic rings. The average Bonchev–Trinajstić information content (AvgIpc) is 3.67. The monoisotopic (exact) mass is 521 g/mol. The van der Waals surface area contributed by atoms with Gasteiger partial charge in [0.1, 0.15) is 34.5 Å². The minimum absolute atomic E-state index is 0.00710. The minimum atomic E-state index is -1.19. The van der Waals surface area contributed by atoms with Gasteiger partial charge in [-0.1, -0.05) is 0 Å². The molecule has 14 nitrogen and oxygen atoms in total. The summed E-state index contributed by atoms with van der Waals surface area (Å²) < 4.78 is 28.8.